The lowest BCUT2D eigenvalue weighted by atomic mass is 10.0. The van der Waals surface area contributed by atoms with Crippen LogP contribution in [0.25, 0.3) is 0 Å². The molecule has 2 heterocycles. The Kier molecular flexibility index (Phi) is 4.79. The van der Waals surface area contributed by atoms with Gasteiger partial charge in [0.05, 0.1) is 24.9 Å². The van der Waals surface area contributed by atoms with E-state index >= 15 is 0 Å². The van der Waals surface area contributed by atoms with Crippen molar-refractivity contribution in [1.29, 1.82) is 0 Å². The highest BCUT2D eigenvalue weighted by molar-refractivity contribution is 5.97. The SMILES string of the molecule is COc1cnc(C)cc1C(=O)N(C)C(C)c1ccc2c(c1)OCCO2. The Hall–Kier alpha value is -2.76. The summed E-state index contributed by atoms with van der Waals surface area (Å²) in [6.45, 7) is 4.92. The number of nitrogens with zero attached hydrogens (tertiary/aromatic N) is 2. The standard InChI is InChI=1S/C19H22N2O4/c1-12-9-15(18(23-4)11-20-12)19(22)21(3)13(2)14-5-6-16-17(10-14)25-8-7-24-16/h5-6,9-11,13H,7-8H2,1-4H3. The van der Waals surface area contributed by atoms with Crippen LogP contribution in [-0.2, 0) is 0 Å². The Labute approximate surface area is 147 Å². The number of ether oxygens (including phenoxy) is 3. The summed E-state index contributed by atoms with van der Waals surface area (Å²) >= 11 is 0. The maximum atomic E-state index is 12.9. The highest BCUT2D eigenvalue weighted by atomic mass is 16.6. The minimum atomic E-state index is -0.137. The minimum absolute atomic E-state index is 0.121. The molecule has 1 amide bonds. The van der Waals surface area contributed by atoms with Gasteiger partial charge in [-0.05, 0) is 37.6 Å². The zero-order chi connectivity index (χ0) is 18.0. The van der Waals surface area contributed by atoms with E-state index in [-0.39, 0.29) is 11.9 Å². The van der Waals surface area contributed by atoms with Gasteiger partial charge in [-0.1, -0.05) is 6.07 Å². The van der Waals surface area contributed by atoms with E-state index in [2.05, 4.69) is 4.98 Å². The quantitative estimate of drug-likeness (QED) is 0.855. The first-order valence-electron chi connectivity index (χ1n) is 8.18. The predicted molar refractivity (Wildman–Crippen MR) is 93.5 cm³/mol. The molecule has 0 N–H and O–H groups in total. The summed E-state index contributed by atoms with van der Waals surface area (Å²) in [5, 5.41) is 0. The van der Waals surface area contributed by atoms with Gasteiger partial charge in [0.1, 0.15) is 19.0 Å². The fourth-order valence-electron chi connectivity index (χ4n) is 2.79. The molecule has 0 spiro atoms. The molecular weight excluding hydrogens is 320 g/mol. The van der Waals surface area contributed by atoms with Gasteiger partial charge in [-0.2, -0.15) is 0 Å². The second-order valence-corrected chi connectivity index (χ2v) is 6.02. The average molecular weight is 342 g/mol. The molecule has 0 radical (unpaired) electrons. The normalized spacial score (nSPS) is 13.9. The third-order valence-corrected chi connectivity index (χ3v) is 4.40. The average Bonchev–Trinajstić information content (AvgIpc) is 2.65. The fraction of sp³-hybridized carbons (Fsp3) is 0.368. The van der Waals surface area contributed by atoms with Gasteiger partial charge in [-0.3, -0.25) is 9.78 Å². The molecule has 0 aliphatic carbocycles. The largest absolute Gasteiger partial charge is 0.494 e. The molecule has 3 rings (SSSR count). The number of hydrogen-bond acceptors (Lipinski definition) is 5. The third-order valence-electron chi connectivity index (χ3n) is 4.40. The summed E-state index contributed by atoms with van der Waals surface area (Å²) in [6, 6.07) is 7.38. The van der Waals surface area contributed by atoms with Crippen LogP contribution in [0.15, 0.2) is 30.5 Å². The number of pyridine rings is 1. The second kappa shape index (κ2) is 7.01. The maximum absolute atomic E-state index is 12.9. The van der Waals surface area contributed by atoms with Crippen LogP contribution in [0.2, 0.25) is 0 Å². The molecule has 6 heteroatoms. The number of hydrogen-bond donors (Lipinski definition) is 0. The summed E-state index contributed by atoms with van der Waals surface area (Å²) in [4.78, 5) is 18.8. The molecule has 2 aromatic rings. The summed E-state index contributed by atoms with van der Waals surface area (Å²) in [6.07, 6.45) is 1.57. The van der Waals surface area contributed by atoms with E-state index < -0.39 is 0 Å². The predicted octanol–water partition coefficient (Wildman–Crippen LogP) is 3.00. The molecule has 1 aliphatic rings. The minimum Gasteiger partial charge on any atom is -0.494 e. The fourth-order valence-corrected chi connectivity index (χ4v) is 2.79. The highest BCUT2D eigenvalue weighted by Gasteiger charge is 2.23. The molecule has 0 bridgehead atoms. The topological polar surface area (TPSA) is 60.9 Å². The van der Waals surface area contributed by atoms with Crippen LogP contribution >= 0.6 is 0 Å². The molecule has 1 aromatic heterocycles. The molecular formula is C19H22N2O4. The van der Waals surface area contributed by atoms with Crippen LogP contribution in [0.1, 0.15) is 34.6 Å². The maximum Gasteiger partial charge on any atom is 0.257 e. The first-order chi connectivity index (χ1) is 12.0. The van der Waals surface area contributed by atoms with E-state index in [0.717, 1.165) is 17.0 Å². The third kappa shape index (κ3) is 3.38. The summed E-state index contributed by atoms with van der Waals surface area (Å²) in [7, 11) is 3.31. The number of carbonyl (C=O) groups excluding carboxylic acids is 1. The number of aromatic nitrogens is 1. The highest BCUT2D eigenvalue weighted by Crippen LogP contribution is 2.34. The van der Waals surface area contributed by atoms with Crippen molar-refractivity contribution in [2.45, 2.75) is 19.9 Å². The van der Waals surface area contributed by atoms with Gasteiger partial charge in [0.25, 0.3) is 5.91 Å². The Morgan fingerprint density at radius 3 is 2.68 bits per heavy atom. The van der Waals surface area contributed by atoms with Gasteiger partial charge in [-0.25, -0.2) is 0 Å². The Balaban J connectivity index is 1.86. The lowest BCUT2D eigenvalue weighted by Gasteiger charge is -2.27. The van der Waals surface area contributed by atoms with Crippen molar-refractivity contribution in [3.05, 3.63) is 47.3 Å². The van der Waals surface area contributed by atoms with Crippen molar-refractivity contribution < 1.29 is 19.0 Å². The van der Waals surface area contributed by atoms with Crippen molar-refractivity contribution in [3.8, 4) is 17.2 Å². The monoisotopic (exact) mass is 342 g/mol. The molecule has 1 unspecified atom stereocenters. The van der Waals surface area contributed by atoms with Gasteiger partial charge in [0.15, 0.2) is 11.5 Å². The summed E-state index contributed by atoms with van der Waals surface area (Å²) in [5.41, 5.74) is 2.25. The van der Waals surface area contributed by atoms with E-state index in [0.29, 0.717) is 30.3 Å². The van der Waals surface area contributed by atoms with Crippen molar-refractivity contribution in [2.75, 3.05) is 27.4 Å². The van der Waals surface area contributed by atoms with Crippen molar-refractivity contribution >= 4 is 5.91 Å². The van der Waals surface area contributed by atoms with Gasteiger partial charge >= 0.3 is 0 Å². The zero-order valence-electron chi connectivity index (χ0n) is 14.9. The first-order valence-corrected chi connectivity index (χ1v) is 8.18. The van der Waals surface area contributed by atoms with Crippen LogP contribution in [-0.4, -0.2) is 43.2 Å². The van der Waals surface area contributed by atoms with Crippen molar-refractivity contribution in [1.82, 2.24) is 9.88 Å². The van der Waals surface area contributed by atoms with Crippen LogP contribution in [0.3, 0.4) is 0 Å². The van der Waals surface area contributed by atoms with Crippen LogP contribution < -0.4 is 14.2 Å². The number of benzene rings is 1. The number of aryl methyl sites for hydroxylation is 1. The lowest BCUT2D eigenvalue weighted by Crippen LogP contribution is -2.30. The van der Waals surface area contributed by atoms with Gasteiger partial charge in [-0.15, -0.1) is 0 Å². The second-order valence-electron chi connectivity index (χ2n) is 6.02. The number of rotatable bonds is 4. The van der Waals surface area contributed by atoms with Crippen LogP contribution in [0.4, 0.5) is 0 Å². The van der Waals surface area contributed by atoms with Gasteiger partial charge in [0, 0.05) is 12.7 Å². The lowest BCUT2D eigenvalue weighted by molar-refractivity contribution is 0.0738. The Bertz CT molecular complexity index is 791. The number of carbonyl (C=O) groups is 1. The van der Waals surface area contributed by atoms with E-state index in [4.69, 9.17) is 14.2 Å². The zero-order valence-corrected chi connectivity index (χ0v) is 14.9. The molecule has 1 aromatic carbocycles. The molecule has 132 valence electrons. The molecule has 0 saturated carbocycles. The van der Waals surface area contributed by atoms with Crippen molar-refractivity contribution in [3.63, 3.8) is 0 Å². The summed E-state index contributed by atoms with van der Waals surface area (Å²) < 4.78 is 16.5. The number of amides is 1. The molecule has 6 nitrogen and oxygen atoms in total. The van der Waals surface area contributed by atoms with E-state index in [1.54, 1.807) is 24.2 Å². The number of methoxy groups -OCH3 is 1. The molecule has 25 heavy (non-hydrogen) atoms. The first kappa shape index (κ1) is 17.1. The van der Waals surface area contributed by atoms with E-state index in [1.807, 2.05) is 32.0 Å². The van der Waals surface area contributed by atoms with Crippen LogP contribution in [0.5, 0.6) is 17.2 Å². The summed E-state index contributed by atoms with van der Waals surface area (Å²) in [5.74, 6) is 1.80. The van der Waals surface area contributed by atoms with E-state index in [9.17, 15) is 4.79 Å². The molecule has 0 fully saturated rings. The van der Waals surface area contributed by atoms with Gasteiger partial charge in [0.2, 0.25) is 0 Å². The Morgan fingerprint density at radius 2 is 1.96 bits per heavy atom. The number of fused-ring (bicyclic) bond motifs is 1. The van der Waals surface area contributed by atoms with Crippen LogP contribution in [0, 0.1) is 6.92 Å². The molecule has 1 atom stereocenters. The molecule has 0 saturated heterocycles. The smallest absolute Gasteiger partial charge is 0.257 e. The Morgan fingerprint density at radius 1 is 1.24 bits per heavy atom. The van der Waals surface area contributed by atoms with Crippen molar-refractivity contribution in [2.24, 2.45) is 0 Å². The van der Waals surface area contributed by atoms with Gasteiger partial charge < -0.3 is 19.1 Å². The van der Waals surface area contributed by atoms with E-state index in [1.165, 1.54) is 7.11 Å². The molecule has 1 aliphatic heterocycles.